The summed E-state index contributed by atoms with van der Waals surface area (Å²) in [5.41, 5.74) is 1.35. The van der Waals surface area contributed by atoms with Crippen LogP contribution in [-0.4, -0.2) is 28.1 Å². The standard InChI is InChI=1S/C12H14N4O2/c1-7(2)14-11(17)12(18)15-9-4-3-8-6-13-16-10(8)5-9/h3-7H,1-2H3,(H,13,16)(H,14,17)(H,15,18). The molecule has 0 aliphatic rings. The molecule has 1 aromatic heterocycles. The summed E-state index contributed by atoms with van der Waals surface area (Å²) in [5, 5.41) is 12.7. The maximum atomic E-state index is 11.6. The van der Waals surface area contributed by atoms with Crippen molar-refractivity contribution in [2.24, 2.45) is 0 Å². The van der Waals surface area contributed by atoms with Gasteiger partial charge in [-0.1, -0.05) is 0 Å². The van der Waals surface area contributed by atoms with Crippen LogP contribution in [-0.2, 0) is 9.59 Å². The number of aromatic nitrogens is 2. The van der Waals surface area contributed by atoms with E-state index in [0.717, 1.165) is 10.9 Å². The number of aromatic amines is 1. The topological polar surface area (TPSA) is 86.9 Å². The summed E-state index contributed by atoms with van der Waals surface area (Å²) in [6.45, 7) is 3.59. The Morgan fingerprint density at radius 1 is 1.28 bits per heavy atom. The fraction of sp³-hybridized carbons (Fsp3) is 0.250. The lowest BCUT2D eigenvalue weighted by Gasteiger charge is -2.08. The van der Waals surface area contributed by atoms with Gasteiger partial charge in [-0.25, -0.2) is 0 Å². The Morgan fingerprint density at radius 3 is 2.78 bits per heavy atom. The normalized spacial score (nSPS) is 10.6. The summed E-state index contributed by atoms with van der Waals surface area (Å²) in [7, 11) is 0. The zero-order chi connectivity index (χ0) is 13.1. The minimum atomic E-state index is -0.678. The Labute approximate surface area is 104 Å². The van der Waals surface area contributed by atoms with Crippen molar-refractivity contribution in [1.82, 2.24) is 15.5 Å². The Hall–Kier alpha value is -2.37. The van der Waals surface area contributed by atoms with E-state index in [1.807, 2.05) is 6.07 Å². The van der Waals surface area contributed by atoms with Gasteiger partial charge in [0.05, 0.1) is 11.7 Å². The molecule has 1 heterocycles. The highest BCUT2D eigenvalue weighted by Gasteiger charge is 2.14. The van der Waals surface area contributed by atoms with Crippen molar-refractivity contribution in [3.63, 3.8) is 0 Å². The van der Waals surface area contributed by atoms with Crippen LogP contribution in [0.4, 0.5) is 5.69 Å². The average Bonchev–Trinajstić information content (AvgIpc) is 2.75. The first-order valence-electron chi connectivity index (χ1n) is 5.61. The van der Waals surface area contributed by atoms with E-state index in [1.165, 1.54) is 0 Å². The smallest absolute Gasteiger partial charge is 0.313 e. The Morgan fingerprint density at radius 2 is 2.06 bits per heavy atom. The maximum absolute atomic E-state index is 11.6. The maximum Gasteiger partial charge on any atom is 0.313 e. The highest BCUT2D eigenvalue weighted by molar-refractivity contribution is 6.39. The number of nitrogens with zero attached hydrogens (tertiary/aromatic N) is 1. The first-order chi connectivity index (χ1) is 8.56. The largest absolute Gasteiger partial charge is 0.346 e. The van der Waals surface area contributed by atoms with Gasteiger partial charge in [0.25, 0.3) is 0 Å². The lowest BCUT2D eigenvalue weighted by atomic mass is 10.2. The van der Waals surface area contributed by atoms with E-state index < -0.39 is 11.8 Å². The van der Waals surface area contributed by atoms with Crippen LogP contribution in [0.25, 0.3) is 10.9 Å². The Balaban J connectivity index is 2.08. The van der Waals surface area contributed by atoms with Crippen LogP contribution in [0, 0.1) is 0 Å². The second-order valence-electron chi connectivity index (χ2n) is 4.25. The number of hydrogen-bond acceptors (Lipinski definition) is 3. The molecule has 0 spiro atoms. The minimum Gasteiger partial charge on any atom is -0.346 e. The number of anilines is 1. The van der Waals surface area contributed by atoms with Crippen LogP contribution in [0.5, 0.6) is 0 Å². The van der Waals surface area contributed by atoms with Crippen molar-refractivity contribution in [3.8, 4) is 0 Å². The number of carbonyl (C=O) groups is 2. The Kier molecular flexibility index (Phi) is 3.27. The fourth-order valence-corrected chi connectivity index (χ4v) is 1.53. The van der Waals surface area contributed by atoms with Gasteiger partial charge in [0.2, 0.25) is 0 Å². The van der Waals surface area contributed by atoms with Gasteiger partial charge >= 0.3 is 11.8 Å². The van der Waals surface area contributed by atoms with Crippen LogP contribution < -0.4 is 10.6 Å². The summed E-state index contributed by atoms with van der Waals surface area (Å²) in [5.74, 6) is -1.32. The molecule has 2 rings (SSSR count). The van der Waals surface area contributed by atoms with Gasteiger partial charge in [-0.2, -0.15) is 5.10 Å². The van der Waals surface area contributed by atoms with Crippen molar-refractivity contribution >= 4 is 28.4 Å². The average molecular weight is 246 g/mol. The molecule has 94 valence electrons. The number of benzene rings is 1. The third-order valence-corrected chi connectivity index (χ3v) is 2.33. The Bertz CT molecular complexity index is 589. The third kappa shape index (κ3) is 2.65. The van der Waals surface area contributed by atoms with E-state index in [-0.39, 0.29) is 6.04 Å². The molecular weight excluding hydrogens is 232 g/mol. The fourth-order valence-electron chi connectivity index (χ4n) is 1.53. The molecule has 1 aromatic carbocycles. The molecular formula is C12H14N4O2. The summed E-state index contributed by atoms with van der Waals surface area (Å²) in [4.78, 5) is 23.0. The van der Waals surface area contributed by atoms with Crippen molar-refractivity contribution in [2.75, 3.05) is 5.32 Å². The molecule has 0 radical (unpaired) electrons. The summed E-state index contributed by atoms with van der Waals surface area (Å²) < 4.78 is 0. The van der Waals surface area contributed by atoms with Crippen LogP contribution in [0.2, 0.25) is 0 Å². The molecule has 0 fully saturated rings. The highest BCUT2D eigenvalue weighted by Crippen LogP contribution is 2.16. The number of hydrogen-bond donors (Lipinski definition) is 3. The molecule has 0 aliphatic heterocycles. The number of rotatable bonds is 2. The lowest BCUT2D eigenvalue weighted by Crippen LogP contribution is -2.39. The number of nitrogens with one attached hydrogen (secondary N) is 3. The molecule has 3 N–H and O–H groups in total. The van der Waals surface area contributed by atoms with E-state index >= 15 is 0 Å². The van der Waals surface area contributed by atoms with Gasteiger partial charge in [-0.15, -0.1) is 0 Å². The van der Waals surface area contributed by atoms with Crippen molar-refractivity contribution < 1.29 is 9.59 Å². The number of H-pyrrole nitrogens is 1. The summed E-state index contributed by atoms with van der Waals surface area (Å²) in [6.07, 6.45) is 1.69. The van der Waals surface area contributed by atoms with Crippen LogP contribution in [0.15, 0.2) is 24.4 Å². The van der Waals surface area contributed by atoms with Gasteiger partial charge in [0.15, 0.2) is 0 Å². The molecule has 18 heavy (non-hydrogen) atoms. The van der Waals surface area contributed by atoms with E-state index in [1.54, 1.807) is 32.2 Å². The van der Waals surface area contributed by atoms with E-state index in [0.29, 0.717) is 5.69 Å². The van der Waals surface area contributed by atoms with E-state index in [2.05, 4.69) is 20.8 Å². The minimum absolute atomic E-state index is 0.0710. The van der Waals surface area contributed by atoms with Crippen molar-refractivity contribution in [3.05, 3.63) is 24.4 Å². The van der Waals surface area contributed by atoms with Gasteiger partial charge < -0.3 is 10.6 Å². The molecule has 0 atom stereocenters. The number of carbonyl (C=O) groups excluding carboxylic acids is 2. The molecule has 0 bridgehead atoms. The molecule has 0 saturated carbocycles. The number of fused-ring (bicyclic) bond motifs is 1. The lowest BCUT2D eigenvalue weighted by molar-refractivity contribution is -0.136. The van der Waals surface area contributed by atoms with Crippen molar-refractivity contribution in [2.45, 2.75) is 19.9 Å². The van der Waals surface area contributed by atoms with E-state index in [9.17, 15) is 9.59 Å². The zero-order valence-electron chi connectivity index (χ0n) is 10.2. The molecule has 2 amide bonds. The van der Waals surface area contributed by atoms with Gasteiger partial charge in [0.1, 0.15) is 0 Å². The summed E-state index contributed by atoms with van der Waals surface area (Å²) in [6, 6.07) is 5.19. The molecule has 6 heteroatoms. The predicted octanol–water partition coefficient (Wildman–Crippen LogP) is 1.03. The van der Waals surface area contributed by atoms with Crippen LogP contribution in [0.3, 0.4) is 0 Å². The number of amides is 2. The molecule has 0 saturated heterocycles. The second kappa shape index (κ2) is 4.87. The highest BCUT2D eigenvalue weighted by atomic mass is 16.2. The van der Waals surface area contributed by atoms with E-state index in [4.69, 9.17) is 0 Å². The first kappa shape index (κ1) is 12.1. The van der Waals surface area contributed by atoms with Crippen LogP contribution >= 0.6 is 0 Å². The third-order valence-electron chi connectivity index (χ3n) is 2.33. The molecule has 6 nitrogen and oxygen atoms in total. The molecule has 0 unspecified atom stereocenters. The van der Waals surface area contributed by atoms with Crippen LogP contribution in [0.1, 0.15) is 13.8 Å². The van der Waals surface area contributed by atoms with Gasteiger partial charge in [-0.3, -0.25) is 14.7 Å². The molecule has 2 aromatic rings. The van der Waals surface area contributed by atoms with Gasteiger partial charge in [0, 0.05) is 17.1 Å². The summed E-state index contributed by atoms with van der Waals surface area (Å²) >= 11 is 0. The first-order valence-corrected chi connectivity index (χ1v) is 5.61. The van der Waals surface area contributed by atoms with Crippen molar-refractivity contribution in [1.29, 1.82) is 0 Å². The SMILES string of the molecule is CC(C)NC(=O)C(=O)Nc1ccc2cn[nH]c2c1. The monoisotopic (exact) mass is 246 g/mol. The van der Waals surface area contributed by atoms with Gasteiger partial charge in [-0.05, 0) is 32.0 Å². The predicted molar refractivity (Wildman–Crippen MR) is 68.0 cm³/mol. The zero-order valence-corrected chi connectivity index (χ0v) is 10.2. The molecule has 0 aliphatic carbocycles. The quantitative estimate of drug-likeness (QED) is 0.691. The second-order valence-corrected chi connectivity index (χ2v) is 4.25.